The number of hydrogen-bond donors (Lipinski definition) is 1. The standard InChI is InChI=1S/C10H18N2O/c13-8-7-12-5-2-10(3-6-12)1-4-11-9-10/h8,11H,1-7,9H2. The van der Waals surface area contributed by atoms with Gasteiger partial charge in [-0.15, -0.1) is 0 Å². The third-order valence-electron chi connectivity index (χ3n) is 3.58. The molecule has 0 aromatic heterocycles. The molecule has 0 amide bonds. The molecule has 3 heteroatoms. The van der Waals surface area contributed by atoms with Crippen LogP contribution in [0, 0.1) is 5.41 Å². The molecule has 0 bridgehead atoms. The van der Waals surface area contributed by atoms with E-state index in [1.54, 1.807) is 0 Å². The van der Waals surface area contributed by atoms with Crippen LogP contribution in [0.2, 0.25) is 0 Å². The Hall–Kier alpha value is -0.410. The molecule has 0 saturated carbocycles. The van der Waals surface area contributed by atoms with E-state index in [-0.39, 0.29) is 0 Å². The Kier molecular flexibility index (Phi) is 2.65. The van der Waals surface area contributed by atoms with E-state index in [9.17, 15) is 4.79 Å². The Morgan fingerprint density at radius 1 is 1.31 bits per heavy atom. The second-order valence-electron chi connectivity index (χ2n) is 4.39. The van der Waals surface area contributed by atoms with Crippen LogP contribution in [-0.4, -0.2) is 43.9 Å². The maximum absolute atomic E-state index is 10.3. The fourth-order valence-electron chi connectivity index (χ4n) is 2.54. The van der Waals surface area contributed by atoms with Crippen molar-refractivity contribution in [2.45, 2.75) is 19.3 Å². The fraction of sp³-hybridized carbons (Fsp3) is 0.900. The number of likely N-dealkylation sites (tertiary alicyclic amines) is 1. The highest BCUT2D eigenvalue weighted by atomic mass is 16.1. The minimum absolute atomic E-state index is 0.583. The summed E-state index contributed by atoms with van der Waals surface area (Å²) < 4.78 is 0. The summed E-state index contributed by atoms with van der Waals surface area (Å²) in [5.41, 5.74) is 0.583. The Morgan fingerprint density at radius 3 is 2.62 bits per heavy atom. The number of carbonyl (C=O) groups is 1. The highest BCUT2D eigenvalue weighted by molar-refractivity contribution is 5.51. The third-order valence-corrected chi connectivity index (χ3v) is 3.58. The predicted molar refractivity (Wildman–Crippen MR) is 51.7 cm³/mol. The van der Waals surface area contributed by atoms with Gasteiger partial charge in [0.25, 0.3) is 0 Å². The van der Waals surface area contributed by atoms with Crippen LogP contribution in [0.25, 0.3) is 0 Å². The van der Waals surface area contributed by atoms with Crippen LogP contribution in [-0.2, 0) is 4.79 Å². The summed E-state index contributed by atoms with van der Waals surface area (Å²) >= 11 is 0. The van der Waals surface area contributed by atoms with E-state index >= 15 is 0 Å². The molecule has 2 fully saturated rings. The van der Waals surface area contributed by atoms with Gasteiger partial charge in [-0.3, -0.25) is 4.90 Å². The molecule has 2 saturated heterocycles. The van der Waals surface area contributed by atoms with E-state index in [1.807, 2.05) is 0 Å². The van der Waals surface area contributed by atoms with Crippen molar-refractivity contribution in [2.75, 3.05) is 32.7 Å². The highest BCUT2D eigenvalue weighted by Gasteiger charge is 2.36. The lowest BCUT2D eigenvalue weighted by molar-refractivity contribution is -0.109. The number of carbonyl (C=O) groups excluding carboxylic acids is 1. The minimum atomic E-state index is 0.583. The SMILES string of the molecule is O=CCN1CCC2(CCNC2)CC1. The first-order chi connectivity index (χ1) is 6.35. The maximum Gasteiger partial charge on any atom is 0.133 e. The average molecular weight is 182 g/mol. The summed E-state index contributed by atoms with van der Waals surface area (Å²) in [7, 11) is 0. The van der Waals surface area contributed by atoms with Gasteiger partial charge in [0.2, 0.25) is 0 Å². The monoisotopic (exact) mass is 182 g/mol. The number of piperidine rings is 1. The van der Waals surface area contributed by atoms with Crippen molar-refractivity contribution in [1.82, 2.24) is 10.2 Å². The van der Waals surface area contributed by atoms with Gasteiger partial charge in [0.1, 0.15) is 6.29 Å². The lowest BCUT2D eigenvalue weighted by Gasteiger charge is -2.38. The highest BCUT2D eigenvalue weighted by Crippen LogP contribution is 2.36. The second-order valence-corrected chi connectivity index (χ2v) is 4.39. The van der Waals surface area contributed by atoms with Crippen LogP contribution in [0.4, 0.5) is 0 Å². The smallest absolute Gasteiger partial charge is 0.133 e. The fourth-order valence-corrected chi connectivity index (χ4v) is 2.54. The Morgan fingerprint density at radius 2 is 2.08 bits per heavy atom. The Labute approximate surface area is 79.5 Å². The number of nitrogens with zero attached hydrogens (tertiary/aromatic N) is 1. The summed E-state index contributed by atoms with van der Waals surface area (Å²) in [6.07, 6.45) is 4.90. The number of nitrogens with one attached hydrogen (secondary N) is 1. The summed E-state index contributed by atoms with van der Waals surface area (Å²) in [4.78, 5) is 12.6. The Bertz CT molecular complexity index is 177. The molecule has 2 rings (SSSR count). The van der Waals surface area contributed by atoms with E-state index in [2.05, 4.69) is 10.2 Å². The molecule has 2 heterocycles. The number of rotatable bonds is 2. The van der Waals surface area contributed by atoms with Crippen LogP contribution in [0.3, 0.4) is 0 Å². The molecule has 0 aromatic carbocycles. The van der Waals surface area contributed by atoms with Crippen LogP contribution in [0.1, 0.15) is 19.3 Å². The zero-order chi connectivity index (χ0) is 9.15. The minimum Gasteiger partial charge on any atom is -0.316 e. The van der Waals surface area contributed by atoms with Crippen molar-refractivity contribution in [3.05, 3.63) is 0 Å². The quantitative estimate of drug-likeness (QED) is 0.622. The van der Waals surface area contributed by atoms with Crippen molar-refractivity contribution < 1.29 is 4.79 Å². The molecule has 0 unspecified atom stereocenters. The van der Waals surface area contributed by atoms with Gasteiger partial charge in [0.05, 0.1) is 6.54 Å². The van der Waals surface area contributed by atoms with E-state index in [1.165, 1.54) is 32.4 Å². The van der Waals surface area contributed by atoms with Crippen LogP contribution < -0.4 is 5.32 Å². The third kappa shape index (κ3) is 1.92. The maximum atomic E-state index is 10.3. The molecule has 0 atom stereocenters. The first-order valence-corrected chi connectivity index (χ1v) is 5.21. The van der Waals surface area contributed by atoms with Crippen LogP contribution in [0.5, 0.6) is 0 Å². The summed E-state index contributed by atoms with van der Waals surface area (Å²) in [6.45, 7) is 5.24. The molecule has 0 aromatic rings. The van der Waals surface area contributed by atoms with Crippen molar-refractivity contribution in [1.29, 1.82) is 0 Å². The van der Waals surface area contributed by atoms with Gasteiger partial charge in [-0.2, -0.15) is 0 Å². The van der Waals surface area contributed by atoms with Gasteiger partial charge in [-0.25, -0.2) is 0 Å². The van der Waals surface area contributed by atoms with Crippen LogP contribution >= 0.6 is 0 Å². The summed E-state index contributed by atoms with van der Waals surface area (Å²) in [5.74, 6) is 0. The largest absolute Gasteiger partial charge is 0.316 e. The predicted octanol–water partition coefficient (Wildman–Crippen LogP) is 0.261. The summed E-state index contributed by atoms with van der Waals surface area (Å²) in [5, 5.41) is 3.44. The van der Waals surface area contributed by atoms with Crippen LogP contribution in [0.15, 0.2) is 0 Å². The normalized spacial score (nSPS) is 28.0. The van der Waals surface area contributed by atoms with Crippen molar-refractivity contribution >= 4 is 6.29 Å². The molecule has 1 spiro atoms. The molecule has 13 heavy (non-hydrogen) atoms. The molecule has 2 aliphatic heterocycles. The van der Waals surface area contributed by atoms with E-state index < -0.39 is 0 Å². The average Bonchev–Trinajstić information content (AvgIpc) is 2.59. The van der Waals surface area contributed by atoms with Gasteiger partial charge in [0.15, 0.2) is 0 Å². The van der Waals surface area contributed by atoms with Gasteiger partial charge in [-0.1, -0.05) is 0 Å². The summed E-state index contributed by atoms with van der Waals surface area (Å²) in [6, 6.07) is 0. The zero-order valence-corrected chi connectivity index (χ0v) is 8.09. The molecule has 74 valence electrons. The molecule has 0 aliphatic carbocycles. The lowest BCUT2D eigenvalue weighted by Crippen LogP contribution is -2.41. The van der Waals surface area contributed by atoms with Gasteiger partial charge >= 0.3 is 0 Å². The zero-order valence-electron chi connectivity index (χ0n) is 8.09. The van der Waals surface area contributed by atoms with E-state index in [0.29, 0.717) is 12.0 Å². The van der Waals surface area contributed by atoms with Gasteiger partial charge < -0.3 is 10.1 Å². The van der Waals surface area contributed by atoms with Crippen molar-refractivity contribution in [3.63, 3.8) is 0 Å². The van der Waals surface area contributed by atoms with Crippen molar-refractivity contribution in [3.8, 4) is 0 Å². The molecule has 0 radical (unpaired) electrons. The number of aldehydes is 1. The van der Waals surface area contributed by atoms with E-state index in [0.717, 1.165) is 19.4 Å². The lowest BCUT2D eigenvalue weighted by atomic mass is 9.78. The van der Waals surface area contributed by atoms with Gasteiger partial charge in [0, 0.05) is 6.54 Å². The molecule has 2 aliphatic rings. The molecular formula is C10H18N2O. The first-order valence-electron chi connectivity index (χ1n) is 5.21. The number of hydrogen-bond acceptors (Lipinski definition) is 3. The molecule has 1 N–H and O–H groups in total. The second kappa shape index (κ2) is 3.76. The Balaban J connectivity index is 1.84. The van der Waals surface area contributed by atoms with E-state index in [4.69, 9.17) is 0 Å². The van der Waals surface area contributed by atoms with Crippen molar-refractivity contribution in [2.24, 2.45) is 5.41 Å². The first kappa shape index (κ1) is 9.16. The topological polar surface area (TPSA) is 32.3 Å². The molecule has 3 nitrogen and oxygen atoms in total. The molecular weight excluding hydrogens is 164 g/mol. The van der Waals surface area contributed by atoms with Gasteiger partial charge in [-0.05, 0) is 44.3 Å².